The third-order valence-electron chi connectivity index (χ3n) is 6.01. The first-order valence-electron chi connectivity index (χ1n) is 10.5. The molecule has 0 saturated heterocycles. The lowest BCUT2D eigenvalue weighted by Gasteiger charge is -2.09. The van der Waals surface area contributed by atoms with Crippen LogP contribution in [0.1, 0.15) is 0 Å². The van der Waals surface area contributed by atoms with Crippen LogP contribution >= 0.6 is 0 Å². The summed E-state index contributed by atoms with van der Waals surface area (Å²) in [5.74, 6) is 0.801. The molecule has 0 spiro atoms. The number of imidazole rings is 1. The van der Waals surface area contributed by atoms with Crippen molar-refractivity contribution in [2.45, 2.75) is 0 Å². The Morgan fingerprint density at radius 1 is 0.625 bits per heavy atom. The Morgan fingerprint density at radius 3 is 2.34 bits per heavy atom. The van der Waals surface area contributed by atoms with Gasteiger partial charge < -0.3 is 4.42 Å². The van der Waals surface area contributed by atoms with Gasteiger partial charge in [0.15, 0.2) is 0 Å². The maximum Gasteiger partial charge on any atom is 0.149 e. The predicted octanol–water partition coefficient (Wildman–Crippen LogP) is 6.54. The van der Waals surface area contributed by atoms with Crippen molar-refractivity contribution in [3.05, 3.63) is 97.3 Å². The van der Waals surface area contributed by atoms with Gasteiger partial charge in [0, 0.05) is 21.8 Å². The molecule has 0 aliphatic rings. The van der Waals surface area contributed by atoms with Gasteiger partial charge in [0.1, 0.15) is 22.5 Å². The number of nitrogens with zero attached hydrogens (tertiary/aromatic N) is 4. The lowest BCUT2D eigenvalue weighted by Crippen LogP contribution is -1.97. The standard InChI is InChI=1S/C27H16N4O/c1-2-8-18(9-3-1)31-24-16-29-28-15-23(24)30-27(31)22-12-6-11-20-21-14-13-17-7-4-5-10-19(17)25(21)32-26(20)22/h1-16H. The average molecular weight is 412 g/mol. The van der Waals surface area contributed by atoms with Gasteiger partial charge in [-0.05, 0) is 29.7 Å². The minimum Gasteiger partial charge on any atom is -0.455 e. The van der Waals surface area contributed by atoms with E-state index in [2.05, 4.69) is 69.4 Å². The Hall–Kier alpha value is -4.51. The van der Waals surface area contributed by atoms with Crippen LogP contribution < -0.4 is 0 Å². The zero-order chi connectivity index (χ0) is 21.1. The van der Waals surface area contributed by atoms with E-state index in [1.165, 1.54) is 0 Å². The average Bonchev–Trinajstić information content (AvgIpc) is 3.43. The van der Waals surface area contributed by atoms with Crippen LogP contribution in [0.15, 0.2) is 102 Å². The Kier molecular flexibility index (Phi) is 3.49. The normalized spacial score (nSPS) is 11.8. The molecule has 5 heteroatoms. The van der Waals surface area contributed by atoms with E-state index in [0.717, 1.165) is 60.8 Å². The summed E-state index contributed by atoms with van der Waals surface area (Å²) in [5, 5.41) is 12.6. The molecule has 0 aliphatic carbocycles. The number of hydrogen-bond donors (Lipinski definition) is 0. The highest BCUT2D eigenvalue weighted by Gasteiger charge is 2.20. The van der Waals surface area contributed by atoms with Crippen LogP contribution in [0.3, 0.4) is 0 Å². The predicted molar refractivity (Wildman–Crippen MR) is 127 cm³/mol. The highest BCUT2D eigenvalue weighted by Crippen LogP contribution is 2.39. The van der Waals surface area contributed by atoms with Gasteiger partial charge in [0.25, 0.3) is 0 Å². The summed E-state index contributed by atoms with van der Waals surface area (Å²) >= 11 is 0. The van der Waals surface area contributed by atoms with E-state index in [1.807, 2.05) is 30.3 Å². The van der Waals surface area contributed by atoms with E-state index in [1.54, 1.807) is 12.4 Å². The first-order chi connectivity index (χ1) is 15.9. The molecule has 0 fully saturated rings. The number of fused-ring (bicyclic) bond motifs is 6. The van der Waals surface area contributed by atoms with Crippen LogP contribution in [0, 0.1) is 0 Å². The number of hydrogen-bond acceptors (Lipinski definition) is 4. The number of rotatable bonds is 2. The minimum absolute atomic E-state index is 0.789. The first kappa shape index (κ1) is 17.2. The van der Waals surface area contributed by atoms with Gasteiger partial charge in [-0.25, -0.2) is 4.98 Å². The highest BCUT2D eigenvalue weighted by atomic mass is 16.3. The Morgan fingerprint density at radius 2 is 1.41 bits per heavy atom. The van der Waals surface area contributed by atoms with Crippen molar-refractivity contribution in [3.63, 3.8) is 0 Å². The van der Waals surface area contributed by atoms with Crippen LogP contribution in [-0.4, -0.2) is 19.7 Å². The van der Waals surface area contributed by atoms with Gasteiger partial charge >= 0.3 is 0 Å². The fourth-order valence-electron chi connectivity index (χ4n) is 4.57. The molecule has 0 unspecified atom stereocenters. The highest BCUT2D eigenvalue weighted by molar-refractivity contribution is 6.17. The maximum absolute atomic E-state index is 6.55. The fourth-order valence-corrected chi connectivity index (χ4v) is 4.57. The molecule has 7 rings (SSSR count). The number of aromatic nitrogens is 4. The summed E-state index contributed by atoms with van der Waals surface area (Å²) < 4.78 is 8.67. The summed E-state index contributed by atoms with van der Waals surface area (Å²) in [7, 11) is 0. The molecule has 7 aromatic rings. The van der Waals surface area contributed by atoms with Gasteiger partial charge in [-0.15, -0.1) is 0 Å². The van der Waals surface area contributed by atoms with Crippen LogP contribution in [0.25, 0.3) is 60.8 Å². The van der Waals surface area contributed by atoms with E-state index in [4.69, 9.17) is 9.40 Å². The van der Waals surface area contributed by atoms with Gasteiger partial charge in [-0.3, -0.25) is 4.57 Å². The van der Waals surface area contributed by atoms with Crippen molar-refractivity contribution in [1.82, 2.24) is 19.7 Å². The van der Waals surface area contributed by atoms with Crippen molar-refractivity contribution in [2.24, 2.45) is 0 Å². The van der Waals surface area contributed by atoms with Crippen molar-refractivity contribution in [1.29, 1.82) is 0 Å². The molecule has 0 saturated carbocycles. The number of furan rings is 1. The molecule has 3 heterocycles. The second-order valence-corrected chi connectivity index (χ2v) is 7.81. The minimum atomic E-state index is 0.789. The van der Waals surface area contributed by atoms with Crippen LogP contribution in [0.2, 0.25) is 0 Å². The molecule has 0 radical (unpaired) electrons. The smallest absolute Gasteiger partial charge is 0.149 e. The van der Waals surface area contributed by atoms with Crippen LogP contribution in [-0.2, 0) is 0 Å². The van der Waals surface area contributed by atoms with E-state index < -0.39 is 0 Å². The molecule has 0 atom stereocenters. The van der Waals surface area contributed by atoms with Crippen LogP contribution in [0.4, 0.5) is 0 Å². The molecular weight excluding hydrogens is 396 g/mol. The molecule has 5 nitrogen and oxygen atoms in total. The summed E-state index contributed by atoms with van der Waals surface area (Å²) in [5.41, 5.74) is 5.36. The summed E-state index contributed by atoms with van der Waals surface area (Å²) in [4.78, 5) is 4.94. The van der Waals surface area contributed by atoms with Crippen molar-refractivity contribution < 1.29 is 4.42 Å². The molecule has 0 bridgehead atoms. The zero-order valence-electron chi connectivity index (χ0n) is 16.9. The third-order valence-corrected chi connectivity index (χ3v) is 6.01. The Labute approximate surface area is 182 Å². The Balaban J connectivity index is 1.61. The van der Waals surface area contributed by atoms with E-state index in [0.29, 0.717) is 0 Å². The maximum atomic E-state index is 6.55. The summed E-state index contributed by atoms with van der Waals surface area (Å²) in [6, 6.07) is 29.0. The van der Waals surface area contributed by atoms with Crippen molar-refractivity contribution >= 4 is 43.7 Å². The fraction of sp³-hybridized carbons (Fsp3) is 0. The van der Waals surface area contributed by atoms with Gasteiger partial charge in [0.05, 0.1) is 23.5 Å². The summed E-state index contributed by atoms with van der Waals surface area (Å²) in [6.45, 7) is 0. The Bertz CT molecular complexity index is 1780. The van der Waals surface area contributed by atoms with Crippen molar-refractivity contribution in [2.75, 3.05) is 0 Å². The lowest BCUT2D eigenvalue weighted by molar-refractivity contribution is 0.673. The molecule has 0 aliphatic heterocycles. The molecular formula is C27H16N4O. The number of benzene rings is 4. The molecule has 0 amide bonds. The van der Waals surface area contributed by atoms with Crippen molar-refractivity contribution in [3.8, 4) is 17.1 Å². The van der Waals surface area contributed by atoms with E-state index in [-0.39, 0.29) is 0 Å². The second-order valence-electron chi connectivity index (χ2n) is 7.81. The molecule has 0 N–H and O–H groups in total. The number of para-hydroxylation sites is 2. The topological polar surface area (TPSA) is 56.7 Å². The second kappa shape index (κ2) is 6.49. The SMILES string of the molecule is c1ccc(-n2c(-c3cccc4c3oc3c5ccccc5ccc43)nc3cnncc32)cc1. The lowest BCUT2D eigenvalue weighted by atomic mass is 10.0. The molecule has 4 aromatic carbocycles. The third kappa shape index (κ3) is 2.36. The molecule has 3 aromatic heterocycles. The quantitative estimate of drug-likeness (QED) is 0.324. The van der Waals surface area contributed by atoms with Gasteiger partial charge in [0.2, 0.25) is 0 Å². The molecule has 32 heavy (non-hydrogen) atoms. The van der Waals surface area contributed by atoms with Crippen LogP contribution in [0.5, 0.6) is 0 Å². The van der Waals surface area contributed by atoms with E-state index in [9.17, 15) is 0 Å². The summed E-state index contributed by atoms with van der Waals surface area (Å²) in [6.07, 6.45) is 3.45. The largest absolute Gasteiger partial charge is 0.455 e. The zero-order valence-corrected chi connectivity index (χ0v) is 16.9. The van der Waals surface area contributed by atoms with E-state index >= 15 is 0 Å². The molecule has 150 valence electrons. The monoisotopic (exact) mass is 412 g/mol. The first-order valence-corrected chi connectivity index (χ1v) is 10.5. The van der Waals surface area contributed by atoms with Gasteiger partial charge in [-0.2, -0.15) is 10.2 Å². The van der Waals surface area contributed by atoms with Gasteiger partial charge in [-0.1, -0.05) is 60.7 Å².